The Labute approximate surface area is 128 Å². The fraction of sp³-hybridized carbons (Fsp3) is 0.941. The van der Waals surface area contributed by atoms with Crippen LogP contribution in [0.15, 0.2) is 0 Å². The van der Waals surface area contributed by atoms with E-state index in [4.69, 9.17) is 11.6 Å². The molecular formula is C17H28ClNO. The lowest BCUT2D eigenvalue weighted by Crippen LogP contribution is -2.54. The van der Waals surface area contributed by atoms with E-state index in [-0.39, 0.29) is 10.8 Å². The molecule has 0 spiro atoms. The summed E-state index contributed by atoms with van der Waals surface area (Å²) in [4.78, 5) is 12.8. The summed E-state index contributed by atoms with van der Waals surface area (Å²) in [6.07, 6.45) is 8.59. The molecule has 4 saturated carbocycles. The Kier molecular flexibility index (Phi) is 3.81. The van der Waals surface area contributed by atoms with Crippen molar-refractivity contribution in [3.63, 3.8) is 0 Å². The van der Waals surface area contributed by atoms with E-state index in [9.17, 15) is 4.79 Å². The lowest BCUT2D eigenvalue weighted by atomic mass is 9.49. The highest BCUT2D eigenvalue weighted by atomic mass is 35.5. The van der Waals surface area contributed by atoms with Gasteiger partial charge < -0.3 is 5.32 Å². The molecule has 0 aromatic heterocycles. The quantitative estimate of drug-likeness (QED) is 0.764. The molecule has 0 unspecified atom stereocenters. The molecular weight excluding hydrogens is 270 g/mol. The molecule has 20 heavy (non-hydrogen) atoms. The van der Waals surface area contributed by atoms with Gasteiger partial charge >= 0.3 is 0 Å². The summed E-state index contributed by atoms with van der Waals surface area (Å²) < 4.78 is 0. The number of alkyl halides is 1. The molecule has 3 heteroatoms. The molecule has 0 aliphatic heterocycles. The largest absolute Gasteiger partial charge is 0.355 e. The number of amides is 1. The van der Waals surface area contributed by atoms with Crippen LogP contribution in [0.1, 0.15) is 58.8 Å². The molecule has 0 heterocycles. The van der Waals surface area contributed by atoms with Gasteiger partial charge in [-0.05, 0) is 68.1 Å². The van der Waals surface area contributed by atoms with Crippen molar-refractivity contribution >= 4 is 17.5 Å². The molecule has 1 amide bonds. The van der Waals surface area contributed by atoms with Crippen LogP contribution in [0.3, 0.4) is 0 Å². The maximum Gasteiger partial charge on any atom is 0.226 e. The molecule has 4 aliphatic carbocycles. The van der Waals surface area contributed by atoms with Crippen LogP contribution in [0.4, 0.5) is 0 Å². The number of carbonyl (C=O) groups excluding carboxylic acids is 1. The van der Waals surface area contributed by atoms with E-state index in [1.54, 1.807) is 0 Å². The zero-order chi connectivity index (χ0) is 14.4. The van der Waals surface area contributed by atoms with Gasteiger partial charge in [0.15, 0.2) is 0 Å². The average Bonchev–Trinajstić information content (AvgIpc) is 2.34. The fourth-order valence-corrected chi connectivity index (χ4v) is 5.75. The normalized spacial score (nSPS) is 39.0. The summed E-state index contributed by atoms with van der Waals surface area (Å²) in [5, 5.41) is 3.27. The Morgan fingerprint density at radius 3 is 2.10 bits per heavy atom. The molecule has 0 saturated heterocycles. The lowest BCUT2D eigenvalue weighted by Gasteiger charge is -2.55. The summed E-state index contributed by atoms with van der Waals surface area (Å²) in [6.45, 7) is 5.14. The third-order valence-electron chi connectivity index (χ3n) is 6.02. The maximum absolute atomic E-state index is 12.8. The van der Waals surface area contributed by atoms with Gasteiger partial charge in [-0.3, -0.25) is 4.79 Å². The van der Waals surface area contributed by atoms with Crippen LogP contribution in [-0.2, 0) is 4.79 Å². The van der Waals surface area contributed by atoms with Gasteiger partial charge in [0.2, 0.25) is 5.91 Å². The Morgan fingerprint density at radius 1 is 1.15 bits per heavy atom. The standard InChI is InChI=1S/C17H28ClNO/c1-16(2,3-4-18)11-19-15(20)17-8-12-5-13(9-17)7-14(6-12)10-17/h12-14H,3-11H2,1-2H3,(H,19,20). The average molecular weight is 298 g/mol. The number of hydrogen-bond donors (Lipinski definition) is 1. The SMILES string of the molecule is CC(C)(CCCl)CNC(=O)C12CC3CC(CC(C3)C1)C2. The van der Waals surface area contributed by atoms with E-state index in [0.29, 0.717) is 11.8 Å². The topological polar surface area (TPSA) is 29.1 Å². The van der Waals surface area contributed by atoms with Gasteiger partial charge in [0, 0.05) is 17.8 Å². The molecule has 4 bridgehead atoms. The van der Waals surface area contributed by atoms with Gasteiger partial charge in [0.05, 0.1) is 0 Å². The van der Waals surface area contributed by atoms with Gasteiger partial charge in [-0.2, -0.15) is 0 Å². The van der Waals surface area contributed by atoms with Crippen molar-refractivity contribution < 1.29 is 4.79 Å². The van der Waals surface area contributed by atoms with Crippen molar-refractivity contribution in [2.45, 2.75) is 58.8 Å². The molecule has 0 radical (unpaired) electrons. The molecule has 4 rings (SSSR count). The van der Waals surface area contributed by atoms with Gasteiger partial charge in [0.1, 0.15) is 0 Å². The molecule has 0 atom stereocenters. The summed E-state index contributed by atoms with van der Waals surface area (Å²) in [5.74, 6) is 3.52. The minimum atomic E-state index is -0.00814. The second-order valence-corrected chi connectivity index (χ2v) is 8.86. The van der Waals surface area contributed by atoms with Crippen LogP contribution in [-0.4, -0.2) is 18.3 Å². The minimum Gasteiger partial charge on any atom is -0.355 e. The van der Waals surface area contributed by atoms with Crippen molar-refractivity contribution in [3.8, 4) is 0 Å². The minimum absolute atomic E-state index is 0.00814. The molecule has 2 nitrogen and oxygen atoms in total. The zero-order valence-corrected chi connectivity index (χ0v) is 13.6. The highest BCUT2D eigenvalue weighted by Gasteiger charge is 2.54. The first-order valence-electron chi connectivity index (χ1n) is 8.27. The van der Waals surface area contributed by atoms with E-state index in [2.05, 4.69) is 19.2 Å². The van der Waals surface area contributed by atoms with Gasteiger partial charge in [-0.15, -0.1) is 11.6 Å². The molecule has 114 valence electrons. The molecule has 4 fully saturated rings. The second kappa shape index (κ2) is 5.19. The van der Waals surface area contributed by atoms with Gasteiger partial charge in [-0.25, -0.2) is 0 Å². The molecule has 0 aromatic rings. The number of nitrogens with one attached hydrogen (secondary N) is 1. The van der Waals surface area contributed by atoms with E-state index in [1.807, 2.05) is 0 Å². The monoisotopic (exact) mass is 297 g/mol. The number of rotatable bonds is 5. The van der Waals surface area contributed by atoms with Crippen molar-refractivity contribution in [1.82, 2.24) is 5.32 Å². The zero-order valence-electron chi connectivity index (χ0n) is 12.9. The first-order chi connectivity index (χ1) is 9.42. The summed E-state index contributed by atoms with van der Waals surface area (Å²) in [6, 6.07) is 0. The maximum atomic E-state index is 12.8. The van der Waals surface area contributed by atoms with Gasteiger partial charge in [0.25, 0.3) is 0 Å². The molecule has 0 aromatic carbocycles. The molecule has 4 aliphatic rings. The van der Waals surface area contributed by atoms with E-state index in [0.717, 1.165) is 50.0 Å². The summed E-state index contributed by atoms with van der Waals surface area (Å²) >= 11 is 5.85. The lowest BCUT2D eigenvalue weighted by molar-refractivity contribution is -0.146. The van der Waals surface area contributed by atoms with Crippen molar-refractivity contribution in [2.24, 2.45) is 28.6 Å². The van der Waals surface area contributed by atoms with Crippen LogP contribution in [0.25, 0.3) is 0 Å². The third-order valence-corrected chi connectivity index (χ3v) is 6.21. The van der Waals surface area contributed by atoms with Crippen molar-refractivity contribution in [1.29, 1.82) is 0 Å². The number of hydrogen-bond acceptors (Lipinski definition) is 1. The Hall–Kier alpha value is -0.240. The Bertz CT molecular complexity index is 355. The van der Waals surface area contributed by atoms with Crippen LogP contribution < -0.4 is 5.32 Å². The van der Waals surface area contributed by atoms with E-state index >= 15 is 0 Å². The number of carbonyl (C=O) groups is 1. The highest BCUT2D eigenvalue weighted by Crippen LogP contribution is 2.60. The first-order valence-corrected chi connectivity index (χ1v) is 8.80. The van der Waals surface area contributed by atoms with Crippen molar-refractivity contribution in [2.75, 3.05) is 12.4 Å². The first kappa shape index (κ1) is 14.7. The third kappa shape index (κ3) is 2.73. The second-order valence-electron chi connectivity index (χ2n) is 8.48. The predicted molar refractivity (Wildman–Crippen MR) is 82.7 cm³/mol. The van der Waals surface area contributed by atoms with Gasteiger partial charge in [-0.1, -0.05) is 13.8 Å². The number of halogens is 1. The smallest absolute Gasteiger partial charge is 0.226 e. The van der Waals surface area contributed by atoms with Crippen LogP contribution >= 0.6 is 11.6 Å². The van der Waals surface area contributed by atoms with Crippen LogP contribution in [0, 0.1) is 28.6 Å². The van der Waals surface area contributed by atoms with E-state index in [1.165, 1.54) is 19.3 Å². The van der Waals surface area contributed by atoms with E-state index < -0.39 is 0 Å². The Balaban J connectivity index is 1.62. The fourth-order valence-electron chi connectivity index (χ4n) is 5.24. The summed E-state index contributed by atoms with van der Waals surface area (Å²) in [5.41, 5.74) is 0.103. The van der Waals surface area contributed by atoms with Crippen LogP contribution in [0.2, 0.25) is 0 Å². The van der Waals surface area contributed by atoms with Crippen molar-refractivity contribution in [3.05, 3.63) is 0 Å². The summed E-state index contributed by atoms with van der Waals surface area (Å²) in [7, 11) is 0. The molecule has 1 N–H and O–H groups in total. The van der Waals surface area contributed by atoms with Crippen LogP contribution in [0.5, 0.6) is 0 Å². The Morgan fingerprint density at radius 2 is 1.65 bits per heavy atom. The predicted octanol–water partition coefficient (Wildman–Crippen LogP) is 3.97. The highest BCUT2D eigenvalue weighted by molar-refractivity contribution is 6.17.